The molecule has 0 N–H and O–H groups in total. The van der Waals surface area contributed by atoms with Gasteiger partial charge < -0.3 is 9.47 Å². The Bertz CT molecular complexity index is 432. The fourth-order valence-corrected chi connectivity index (χ4v) is 2.62. The summed E-state index contributed by atoms with van der Waals surface area (Å²) in [5.41, 5.74) is 2.31. The van der Waals surface area contributed by atoms with E-state index in [1.807, 2.05) is 0 Å². The molecule has 2 atom stereocenters. The Labute approximate surface area is 106 Å². The van der Waals surface area contributed by atoms with Crippen LogP contribution in [0.2, 0.25) is 0 Å². The van der Waals surface area contributed by atoms with Gasteiger partial charge in [-0.1, -0.05) is 42.0 Å². The zero-order valence-corrected chi connectivity index (χ0v) is 10.6. The van der Waals surface area contributed by atoms with Gasteiger partial charge in [-0.25, -0.2) is 4.90 Å². The number of hydrogen-bond donors (Lipinski definition) is 0. The number of benzene rings is 1. The molecule has 2 saturated heterocycles. The van der Waals surface area contributed by atoms with Crippen LogP contribution in [0.3, 0.4) is 0 Å². The summed E-state index contributed by atoms with van der Waals surface area (Å²) in [7, 11) is 0. The van der Waals surface area contributed by atoms with Crippen molar-refractivity contribution in [1.82, 2.24) is 4.90 Å². The first-order valence-electron chi connectivity index (χ1n) is 5.82. The van der Waals surface area contributed by atoms with Gasteiger partial charge >= 0.3 is 0 Å². The average molecular weight is 249 g/mol. The highest BCUT2D eigenvalue weighted by Crippen LogP contribution is 2.25. The first-order chi connectivity index (χ1) is 8.25. The first kappa shape index (κ1) is 11.3. The van der Waals surface area contributed by atoms with Gasteiger partial charge in [-0.2, -0.15) is 0 Å². The Balaban J connectivity index is 1.80. The van der Waals surface area contributed by atoms with Crippen LogP contribution in [-0.2, 0) is 9.47 Å². The number of fused-ring (bicyclic) bond motifs is 1. The third-order valence-electron chi connectivity index (χ3n) is 3.33. The fourth-order valence-electron chi connectivity index (χ4n) is 2.28. The maximum atomic E-state index is 5.77. The number of ether oxygens (including phenoxy) is 2. The van der Waals surface area contributed by atoms with E-state index in [4.69, 9.17) is 21.7 Å². The third kappa shape index (κ3) is 2.02. The lowest BCUT2D eigenvalue weighted by atomic mass is 10.1. The normalized spacial score (nSPS) is 28.3. The van der Waals surface area contributed by atoms with Crippen molar-refractivity contribution in [3.63, 3.8) is 0 Å². The molecule has 17 heavy (non-hydrogen) atoms. The quantitative estimate of drug-likeness (QED) is 0.588. The van der Waals surface area contributed by atoms with Gasteiger partial charge in [0.1, 0.15) is 13.0 Å². The molecular weight excluding hydrogens is 234 g/mol. The van der Waals surface area contributed by atoms with Crippen molar-refractivity contribution in [3.8, 4) is 0 Å². The van der Waals surface area contributed by atoms with E-state index < -0.39 is 0 Å². The van der Waals surface area contributed by atoms with Crippen LogP contribution in [0.4, 0.5) is 0 Å². The summed E-state index contributed by atoms with van der Waals surface area (Å²) in [5, 5.41) is 0. The Morgan fingerprint density at radius 3 is 2.82 bits per heavy atom. The minimum Gasteiger partial charge on any atom is -0.364 e. The Kier molecular flexibility index (Phi) is 2.96. The van der Waals surface area contributed by atoms with Crippen molar-refractivity contribution in [1.29, 1.82) is 0 Å². The Hall–Kier alpha value is -0.810. The van der Waals surface area contributed by atoms with Gasteiger partial charge in [0.25, 0.3) is 0 Å². The third-order valence-corrected chi connectivity index (χ3v) is 3.77. The maximum absolute atomic E-state index is 5.77. The molecule has 2 aliphatic heterocycles. The van der Waals surface area contributed by atoms with E-state index in [1.165, 1.54) is 5.56 Å². The van der Waals surface area contributed by atoms with Gasteiger partial charge in [0.15, 0.2) is 0 Å². The number of rotatable bonds is 2. The molecule has 2 fully saturated rings. The van der Waals surface area contributed by atoms with Crippen LogP contribution in [0.25, 0.3) is 0 Å². The molecular formula is C13H15NO2S. The molecule has 3 nitrogen and oxygen atoms in total. The van der Waals surface area contributed by atoms with Crippen molar-refractivity contribution >= 4 is 17.1 Å². The summed E-state index contributed by atoms with van der Waals surface area (Å²) in [6, 6.07) is 8.66. The summed E-state index contributed by atoms with van der Waals surface area (Å²) < 4.78 is 11.2. The maximum Gasteiger partial charge on any atom is 0.149 e. The van der Waals surface area contributed by atoms with Gasteiger partial charge in [-0.3, -0.25) is 0 Å². The van der Waals surface area contributed by atoms with E-state index in [1.54, 1.807) is 0 Å². The summed E-state index contributed by atoms with van der Waals surface area (Å²) in [5.74, 6) is 0. The lowest BCUT2D eigenvalue weighted by Crippen LogP contribution is -2.38. The van der Waals surface area contributed by atoms with Crippen molar-refractivity contribution < 1.29 is 9.47 Å². The van der Waals surface area contributed by atoms with E-state index in [9.17, 15) is 0 Å². The number of thiocarbonyl (C=S) groups is 1. The zero-order chi connectivity index (χ0) is 11.8. The summed E-state index contributed by atoms with van der Waals surface area (Å²) in [6.45, 7) is 4.17. The lowest BCUT2D eigenvalue weighted by molar-refractivity contribution is 0.0383. The lowest BCUT2D eigenvalue weighted by Gasteiger charge is -2.21. The monoisotopic (exact) mass is 249 g/mol. The predicted molar refractivity (Wildman–Crippen MR) is 69.1 cm³/mol. The second-order valence-electron chi connectivity index (χ2n) is 4.58. The smallest absolute Gasteiger partial charge is 0.149 e. The van der Waals surface area contributed by atoms with Crippen LogP contribution in [0.15, 0.2) is 24.3 Å². The molecule has 2 unspecified atom stereocenters. The van der Waals surface area contributed by atoms with Gasteiger partial charge in [-0.15, -0.1) is 0 Å². The number of nitrogens with zero attached hydrogens (tertiary/aromatic N) is 1. The van der Waals surface area contributed by atoms with Gasteiger partial charge in [0.2, 0.25) is 0 Å². The van der Waals surface area contributed by atoms with Gasteiger partial charge in [-0.05, 0) is 12.5 Å². The van der Waals surface area contributed by atoms with Crippen LogP contribution in [0.5, 0.6) is 0 Å². The largest absolute Gasteiger partial charge is 0.364 e. The molecule has 0 aromatic heterocycles. The molecule has 0 bridgehead atoms. The Morgan fingerprint density at radius 2 is 2.06 bits per heavy atom. The van der Waals surface area contributed by atoms with Crippen LogP contribution in [-0.4, -0.2) is 42.0 Å². The SMILES string of the molecule is Cc1ccc(C(=S)C2OCC3COCN32)cc1. The highest BCUT2D eigenvalue weighted by Gasteiger charge is 2.40. The molecule has 3 rings (SSSR count). The first-order valence-corrected chi connectivity index (χ1v) is 6.22. The molecule has 0 amide bonds. The number of hydrogen-bond acceptors (Lipinski definition) is 4. The van der Waals surface area contributed by atoms with Gasteiger partial charge in [0.05, 0.1) is 24.1 Å². The molecule has 0 saturated carbocycles. The zero-order valence-electron chi connectivity index (χ0n) is 9.76. The van der Waals surface area contributed by atoms with Crippen molar-refractivity contribution in [2.24, 2.45) is 0 Å². The highest BCUT2D eigenvalue weighted by atomic mass is 32.1. The van der Waals surface area contributed by atoms with E-state index in [0.717, 1.165) is 23.6 Å². The molecule has 0 spiro atoms. The standard InChI is InChI=1S/C13H15NO2S/c1-9-2-4-10(5-3-9)12(17)13-14-8-15-6-11(14)7-16-13/h2-5,11,13H,6-8H2,1H3. The molecule has 1 aromatic rings. The molecule has 1 aromatic carbocycles. The summed E-state index contributed by atoms with van der Waals surface area (Å²) in [6.07, 6.45) is -0.0970. The highest BCUT2D eigenvalue weighted by molar-refractivity contribution is 7.81. The van der Waals surface area contributed by atoms with E-state index in [-0.39, 0.29) is 6.23 Å². The van der Waals surface area contributed by atoms with Gasteiger partial charge in [0, 0.05) is 0 Å². The summed E-state index contributed by atoms with van der Waals surface area (Å²) in [4.78, 5) is 3.06. The molecule has 2 heterocycles. The van der Waals surface area contributed by atoms with Crippen LogP contribution >= 0.6 is 12.2 Å². The molecule has 4 heteroatoms. The van der Waals surface area contributed by atoms with E-state index in [2.05, 4.69) is 36.1 Å². The van der Waals surface area contributed by atoms with Crippen molar-refractivity contribution in [2.75, 3.05) is 19.9 Å². The van der Waals surface area contributed by atoms with Crippen molar-refractivity contribution in [2.45, 2.75) is 19.2 Å². The molecule has 0 radical (unpaired) electrons. The minimum absolute atomic E-state index is 0.0970. The van der Waals surface area contributed by atoms with Crippen LogP contribution in [0, 0.1) is 6.92 Å². The van der Waals surface area contributed by atoms with E-state index >= 15 is 0 Å². The second kappa shape index (κ2) is 4.46. The van der Waals surface area contributed by atoms with Crippen molar-refractivity contribution in [3.05, 3.63) is 35.4 Å². The molecule has 0 aliphatic carbocycles. The van der Waals surface area contributed by atoms with E-state index in [0.29, 0.717) is 12.8 Å². The number of aryl methyl sites for hydroxylation is 1. The van der Waals surface area contributed by atoms with Crippen LogP contribution in [0.1, 0.15) is 11.1 Å². The fraction of sp³-hybridized carbons (Fsp3) is 0.462. The second-order valence-corrected chi connectivity index (χ2v) is 5.02. The molecule has 2 aliphatic rings. The van der Waals surface area contributed by atoms with Crippen LogP contribution < -0.4 is 0 Å². The topological polar surface area (TPSA) is 21.7 Å². The predicted octanol–water partition coefficient (Wildman–Crippen LogP) is 1.73. The molecule has 90 valence electrons. The summed E-state index contributed by atoms with van der Waals surface area (Å²) >= 11 is 5.53. The average Bonchev–Trinajstić information content (AvgIpc) is 2.90. The minimum atomic E-state index is -0.0970. The Morgan fingerprint density at radius 1 is 1.29 bits per heavy atom.